The number of hydrogen-bond acceptors (Lipinski definition) is 7. The van der Waals surface area contributed by atoms with Crippen molar-refractivity contribution in [3.05, 3.63) is 29.3 Å². The summed E-state index contributed by atoms with van der Waals surface area (Å²) < 4.78 is 27.9. The molecule has 0 spiro atoms. The molecule has 1 N–H and O–H groups in total. The van der Waals surface area contributed by atoms with Crippen molar-refractivity contribution in [1.82, 2.24) is 14.5 Å². The van der Waals surface area contributed by atoms with Gasteiger partial charge in [0.2, 0.25) is 21.1 Å². The van der Waals surface area contributed by atoms with Crippen molar-refractivity contribution in [1.29, 1.82) is 0 Å². The van der Waals surface area contributed by atoms with Crippen LogP contribution < -0.4 is 5.32 Å². The molecule has 1 aromatic heterocycles. The van der Waals surface area contributed by atoms with E-state index < -0.39 is 15.9 Å². The Hall–Kier alpha value is -1.20. The van der Waals surface area contributed by atoms with Gasteiger partial charge in [-0.05, 0) is 43.5 Å². The molecule has 1 aliphatic rings. The number of sulfonamides is 1. The highest BCUT2D eigenvalue weighted by molar-refractivity contribution is 8.01. The highest BCUT2D eigenvalue weighted by atomic mass is 35.5. The zero-order valence-electron chi connectivity index (χ0n) is 15.3. The van der Waals surface area contributed by atoms with Crippen molar-refractivity contribution >= 4 is 55.8 Å². The summed E-state index contributed by atoms with van der Waals surface area (Å²) in [6, 6.07) is 6.06. The number of halogens is 1. The first-order valence-electron chi connectivity index (χ1n) is 8.93. The van der Waals surface area contributed by atoms with Gasteiger partial charge in [0.15, 0.2) is 4.34 Å². The topological polar surface area (TPSA) is 92.3 Å². The molecule has 2 heterocycles. The fourth-order valence-corrected chi connectivity index (χ4v) is 6.18. The Morgan fingerprint density at radius 3 is 2.82 bits per heavy atom. The number of carbonyl (C=O) groups is 1. The quantitative estimate of drug-likeness (QED) is 0.500. The fraction of sp³-hybridized carbons (Fsp3) is 0.471. The van der Waals surface area contributed by atoms with Gasteiger partial charge in [0, 0.05) is 23.9 Å². The van der Waals surface area contributed by atoms with E-state index in [9.17, 15) is 13.2 Å². The Labute approximate surface area is 177 Å². The first-order chi connectivity index (χ1) is 13.4. The van der Waals surface area contributed by atoms with E-state index in [4.69, 9.17) is 11.6 Å². The maximum Gasteiger partial charge on any atom is 0.243 e. The van der Waals surface area contributed by atoms with Gasteiger partial charge in [-0.2, -0.15) is 4.31 Å². The van der Waals surface area contributed by atoms with Crippen LogP contribution in [0.2, 0.25) is 5.02 Å². The minimum absolute atomic E-state index is 0.146. The standard InChI is InChI=1S/C17H21ClN4O3S3/c1-2-10-26-17-21-20-16(27-17)19-15(23)12-4-3-9-22(11-12)28(24,25)14-7-5-13(18)6-8-14/h5-8,12H,2-4,9-11H2,1H3,(H,19,20,23). The van der Waals surface area contributed by atoms with Crippen LogP contribution in [0, 0.1) is 5.92 Å². The number of thioether (sulfide) groups is 1. The molecule has 7 nitrogen and oxygen atoms in total. The van der Waals surface area contributed by atoms with E-state index in [1.54, 1.807) is 23.9 Å². The third kappa shape index (κ3) is 5.24. The molecule has 1 aliphatic heterocycles. The third-order valence-corrected chi connectivity index (χ3v) is 8.58. The minimum Gasteiger partial charge on any atom is -0.300 e. The monoisotopic (exact) mass is 460 g/mol. The van der Waals surface area contributed by atoms with Crippen molar-refractivity contribution in [3.63, 3.8) is 0 Å². The molecule has 1 amide bonds. The van der Waals surface area contributed by atoms with Crippen LogP contribution in [0.5, 0.6) is 0 Å². The number of amides is 1. The zero-order chi connectivity index (χ0) is 20.1. The van der Waals surface area contributed by atoms with Crippen LogP contribution in [-0.4, -0.2) is 47.7 Å². The molecule has 0 aliphatic carbocycles. The Morgan fingerprint density at radius 2 is 2.11 bits per heavy atom. The Balaban J connectivity index is 1.64. The summed E-state index contributed by atoms with van der Waals surface area (Å²) in [6.07, 6.45) is 2.29. The number of rotatable bonds is 7. The van der Waals surface area contributed by atoms with Crippen LogP contribution in [0.1, 0.15) is 26.2 Å². The first-order valence-corrected chi connectivity index (χ1v) is 12.5. The largest absolute Gasteiger partial charge is 0.300 e. The lowest BCUT2D eigenvalue weighted by molar-refractivity contribution is -0.120. The van der Waals surface area contributed by atoms with Crippen LogP contribution in [0.25, 0.3) is 0 Å². The van der Waals surface area contributed by atoms with Crippen molar-refractivity contribution in [2.45, 2.75) is 35.4 Å². The van der Waals surface area contributed by atoms with Crippen LogP contribution >= 0.6 is 34.7 Å². The van der Waals surface area contributed by atoms with E-state index in [2.05, 4.69) is 22.4 Å². The lowest BCUT2D eigenvalue weighted by Gasteiger charge is -2.31. The molecule has 0 bridgehead atoms. The number of nitrogens with one attached hydrogen (secondary N) is 1. The van der Waals surface area contributed by atoms with E-state index in [0.29, 0.717) is 29.5 Å². The molecule has 1 fully saturated rings. The second-order valence-corrected chi connectivity index (χ2v) is 11.1. The van der Waals surface area contributed by atoms with Gasteiger partial charge in [-0.15, -0.1) is 10.2 Å². The van der Waals surface area contributed by atoms with Crippen LogP contribution in [0.4, 0.5) is 5.13 Å². The van der Waals surface area contributed by atoms with Crippen molar-refractivity contribution < 1.29 is 13.2 Å². The molecular formula is C17H21ClN4O3S3. The SMILES string of the molecule is CCCSc1nnc(NC(=O)C2CCCN(S(=O)(=O)c3ccc(Cl)cc3)C2)s1. The molecule has 3 rings (SSSR count). The minimum atomic E-state index is -3.66. The molecule has 28 heavy (non-hydrogen) atoms. The number of piperidine rings is 1. The van der Waals surface area contributed by atoms with E-state index >= 15 is 0 Å². The van der Waals surface area contributed by atoms with Gasteiger partial charge in [-0.1, -0.05) is 41.6 Å². The molecule has 1 saturated heterocycles. The van der Waals surface area contributed by atoms with Gasteiger partial charge < -0.3 is 5.32 Å². The second kappa shape index (κ2) is 9.53. The van der Waals surface area contributed by atoms with E-state index in [1.165, 1.54) is 27.8 Å². The molecule has 0 saturated carbocycles. The number of nitrogens with zero attached hydrogens (tertiary/aromatic N) is 3. The summed E-state index contributed by atoms with van der Waals surface area (Å²) in [5, 5.41) is 11.8. The van der Waals surface area contributed by atoms with Gasteiger partial charge in [0.1, 0.15) is 0 Å². The Bertz CT molecular complexity index is 918. The Morgan fingerprint density at radius 1 is 1.36 bits per heavy atom. The van der Waals surface area contributed by atoms with Gasteiger partial charge in [-0.3, -0.25) is 4.79 Å². The van der Waals surface area contributed by atoms with Crippen molar-refractivity contribution in [2.24, 2.45) is 5.92 Å². The van der Waals surface area contributed by atoms with Gasteiger partial charge >= 0.3 is 0 Å². The molecule has 1 unspecified atom stereocenters. The van der Waals surface area contributed by atoms with Crippen molar-refractivity contribution in [2.75, 3.05) is 24.2 Å². The predicted octanol–water partition coefficient (Wildman–Crippen LogP) is 3.73. The third-order valence-electron chi connectivity index (χ3n) is 4.27. The van der Waals surface area contributed by atoms with Gasteiger partial charge in [0.25, 0.3) is 0 Å². The summed E-state index contributed by atoms with van der Waals surface area (Å²) in [7, 11) is -3.66. The van der Waals surface area contributed by atoms with Gasteiger partial charge in [-0.25, -0.2) is 8.42 Å². The number of benzene rings is 1. The summed E-state index contributed by atoms with van der Waals surface area (Å²) >= 11 is 8.78. The van der Waals surface area contributed by atoms with Gasteiger partial charge in [0.05, 0.1) is 10.8 Å². The second-order valence-electron chi connectivity index (χ2n) is 6.37. The molecule has 0 radical (unpaired) electrons. The normalized spacial score (nSPS) is 18.1. The lowest BCUT2D eigenvalue weighted by atomic mass is 9.99. The number of carbonyl (C=O) groups excluding carboxylic acids is 1. The maximum absolute atomic E-state index is 12.9. The fourth-order valence-electron chi connectivity index (χ4n) is 2.85. The summed E-state index contributed by atoms with van der Waals surface area (Å²) in [5.41, 5.74) is 0. The smallest absolute Gasteiger partial charge is 0.243 e. The highest BCUT2D eigenvalue weighted by Gasteiger charge is 2.33. The Kier molecular flexibility index (Phi) is 7.32. The highest BCUT2D eigenvalue weighted by Crippen LogP contribution is 2.28. The van der Waals surface area contributed by atoms with E-state index in [-0.39, 0.29) is 17.3 Å². The molecule has 1 aromatic carbocycles. The summed E-state index contributed by atoms with van der Waals surface area (Å²) in [5.74, 6) is 0.300. The molecule has 2 aromatic rings. The number of hydrogen-bond donors (Lipinski definition) is 1. The van der Waals surface area contributed by atoms with Crippen LogP contribution in [0.3, 0.4) is 0 Å². The van der Waals surface area contributed by atoms with E-state index in [0.717, 1.165) is 16.5 Å². The first kappa shape index (κ1) is 21.5. The van der Waals surface area contributed by atoms with E-state index in [1.807, 2.05) is 0 Å². The molecule has 11 heteroatoms. The predicted molar refractivity (Wildman–Crippen MR) is 112 cm³/mol. The summed E-state index contributed by atoms with van der Waals surface area (Å²) in [4.78, 5) is 12.8. The average Bonchev–Trinajstić information content (AvgIpc) is 3.14. The zero-order valence-corrected chi connectivity index (χ0v) is 18.5. The lowest BCUT2D eigenvalue weighted by Crippen LogP contribution is -2.43. The average molecular weight is 461 g/mol. The summed E-state index contributed by atoms with van der Waals surface area (Å²) in [6.45, 7) is 2.63. The van der Waals surface area contributed by atoms with Crippen LogP contribution in [-0.2, 0) is 14.8 Å². The number of anilines is 1. The van der Waals surface area contributed by atoms with Crippen LogP contribution in [0.15, 0.2) is 33.5 Å². The molecule has 1 atom stereocenters. The maximum atomic E-state index is 12.9. The van der Waals surface area contributed by atoms with Crippen molar-refractivity contribution in [3.8, 4) is 0 Å². The number of aromatic nitrogens is 2. The molecule has 152 valence electrons. The molecular weight excluding hydrogens is 440 g/mol.